The second kappa shape index (κ2) is 13.1. The molecule has 7 heteroatoms. The van der Waals surface area contributed by atoms with Crippen molar-refractivity contribution in [3.63, 3.8) is 0 Å². The molecule has 2 aromatic carbocycles. The van der Waals surface area contributed by atoms with Gasteiger partial charge in [-0.3, -0.25) is 9.79 Å². The Morgan fingerprint density at radius 3 is 2.50 bits per heavy atom. The summed E-state index contributed by atoms with van der Waals surface area (Å²) in [6.45, 7) is 1.35. The van der Waals surface area contributed by atoms with E-state index in [0.29, 0.717) is 24.6 Å². The van der Waals surface area contributed by atoms with E-state index in [1.165, 1.54) is 0 Å². The van der Waals surface area contributed by atoms with Crippen molar-refractivity contribution in [2.45, 2.75) is 12.3 Å². The number of guanidine groups is 1. The fraction of sp³-hybridized carbons (Fsp3) is 0.333. The molecule has 2 rings (SSSR count). The molecule has 28 heavy (non-hydrogen) atoms. The topological polar surface area (TPSA) is 85.8 Å². The van der Waals surface area contributed by atoms with E-state index >= 15 is 0 Å². The van der Waals surface area contributed by atoms with Crippen LogP contribution in [-0.4, -0.2) is 50.8 Å². The van der Waals surface area contributed by atoms with Gasteiger partial charge in [-0.15, -0.1) is 24.0 Å². The average Bonchev–Trinajstić information content (AvgIpc) is 2.73. The van der Waals surface area contributed by atoms with Crippen molar-refractivity contribution in [3.05, 3.63) is 71.3 Å². The van der Waals surface area contributed by atoms with Gasteiger partial charge >= 0.3 is 0 Å². The number of nitrogens with zero attached hydrogens (tertiary/aromatic N) is 1. The molecule has 6 nitrogen and oxygen atoms in total. The minimum absolute atomic E-state index is 0. The third-order valence-corrected chi connectivity index (χ3v) is 4.35. The number of aliphatic hydroxyl groups excluding tert-OH is 1. The maximum Gasteiger partial charge on any atom is 0.251 e. The van der Waals surface area contributed by atoms with Gasteiger partial charge < -0.3 is 21.1 Å². The zero-order chi connectivity index (χ0) is 19.5. The molecular weight excluding hydrogens is 467 g/mol. The summed E-state index contributed by atoms with van der Waals surface area (Å²) in [6, 6.07) is 17.5. The maximum atomic E-state index is 11.7. The summed E-state index contributed by atoms with van der Waals surface area (Å²) >= 11 is 0. The van der Waals surface area contributed by atoms with Crippen molar-refractivity contribution in [1.82, 2.24) is 16.0 Å². The zero-order valence-corrected chi connectivity index (χ0v) is 18.6. The smallest absolute Gasteiger partial charge is 0.251 e. The van der Waals surface area contributed by atoms with Crippen LogP contribution in [0.5, 0.6) is 0 Å². The predicted octanol–water partition coefficient (Wildman–Crippen LogP) is 2.15. The monoisotopic (exact) mass is 496 g/mol. The summed E-state index contributed by atoms with van der Waals surface area (Å²) in [4.78, 5) is 15.9. The molecule has 0 fully saturated rings. The Labute approximate surface area is 183 Å². The highest BCUT2D eigenvalue weighted by atomic mass is 127. The largest absolute Gasteiger partial charge is 0.396 e. The minimum atomic E-state index is -0.0850. The van der Waals surface area contributed by atoms with E-state index in [0.717, 1.165) is 17.5 Å². The van der Waals surface area contributed by atoms with Crippen LogP contribution in [0.3, 0.4) is 0 Å². The zero-order valence-electron chi connectivity index (χ0n) is 16.3. The van der Waals surface area contributed by atoms with Crippen molar-refractivity contribution < 1.29 is 9.90 Å². The lowest BCUT2D eigenvalue weighted by Gasteiger charge is -2.18. The molecule has 0 bridgehead atoms. The van der Waals surface area contributed by atoms with E-state index in [9.17, 15) is 9.90 Å². The second-order valence-electron chi connectivity index (χ2n) is 6.20. The van der Waals surface area contributed by atoms with Crippen LogP contribution in [0.15, 0.2) is 59.6 Å². The highest BCUT2D eigenvalue weighted by molar-refractivity contribution is 14.0. The second-order valence-corrected chi connectivity index (χ2v) is 6.20. The third kappa shape index (κ3) is 7.47. The van der Waals surface area contributed by atoms with Crippen molar-refractivity contribution in [2.75, 3.05) is 33.8 Å². The lowest BCUT2D eigenvalue weighted by atomic mass is 10.0. The summed E-state index contributed by atoms with van der Waals surface area (Å²) in [5, 5.41) is 18.8. The van der Waals surface area contributed by atoms with Gasteiger partial charge in [-0.25, -0.2) is 0 Å². The Balaban J connectivity index is 0.00000392. The summed E-state index contributed by atoms with van der Waals surface area (Å²) in [5.74, 6) is 0.610. The number of aliphatic imine (C=N–C) groups is 1. The number of amides is 1. The first-order valence-corrected chi connectivity index (χ1v) is 9.09. The average molecular weight is 496 g/mol. The van der Waals surface area contributed by atoms with Crippen LogP contribution in [0.4, 0.5) is 0 Å². The normalized spacial score (nSPS) is 11.9. The number of nitrogens with one attached hydrogen (secondary N) is 3. The van der Waals surface area contributed by atoms with Gasteiger partial charge in [-0.2, -0.15) is 0 Å². The molecule has 0 aliphatic carbocycles. The van der Waals surface area contributed by atoms with E-state index in [-0.39, 0.29) is 42.4 Å². The molecule has 0 saturated heterocycles. The third-order valence-electron chi connectivity index (χ3n) is 4.35. The number of rotatable bonds is 8. The number of hydrogen-bond acceptors (Lipinski definition) is 3. The van der Waals surface area contributed by atoms with E-state index < -0.39 is 0 Å². The lowest BCUT2D eigenvalue weighted by molar-refractivity contribution is 0.0963. The molecule has 1 amide bonds. The number of benzene rings is 2. The first-order valence-electron chi connectivity index (χ1n) is 9.09. The Bertz CT molecular complexity index is 753. The van der Waals surface area contributed by atoms with Gasteiger partial charge in [-0.1, -0.05) is 42.5 Å². The Morgan fingerprint density at radius 2 is 1.86 bits per heavy atom. The fourth-order valence-electron chi connectivity index (χ4n) is 2.79. The summed E-state index contributed by atoms with van der Waals surface area (Å²) < 4.78 is 0. The number of hydrogen-bond donors (Lipinski definition) is 4. The van der Waals surface area contributed by atoms with Crippen molar-refractivity contribution in [1.29, 1.82) is 0 Å². The van der Waals surface area contributed by atoms with Crippen LogP contribution >= 0.6 is 24.0 Å². The molecule has 0 saturated carbocycles. The van der Waals surface area contributed by atoms with Gasteiger partial charge in [0.2, 0.25) is 0 Å². The molecule has 0 heterocycles. The van der Waals surface area contributed by atoms with Crippen molar-refractivity contribution in [3.8, 4) is 0 Å². The molecular formula is C21H29IN4O2. The van der Waals surface area contributed by atoms with Gasteiger partial charge in [-0.05, 0) is 29.7 Å². The fourth-order valence-corrected chi connectivity index (χ4v) is 2.79. The van der Waals surface area contributed by atoms with Gasteiger partial charge in [0.1, 0.15) is 0 Å². The molecule has 4 N–H and O–H groups in total. The van der Waals surface area contributed by atoms with Crippen molar-refractivity contribution >= 4 is 35.8 Å². The van der Waals surface area contributed by atoms with Gasteiger partial charge in [0.05, 0.1) is 6.61 Å². The maximum absolute atomic E-state index is 11.7. The first kappa shape index (κ1) is 23.9. The van der Waals surface area contributed by atoms with Gasteiger partial charge in [0, 0.05) is 38.7 Å². The number of halogens is 1. The Kier molecular flexibility index (Phi) is 11.2. The standard InChI is InChI=1S/C21H28N4O2.HI/c1-22-20(27)18-10-6-7-16(13-18)11-12-24-21(23-2)25-14-19(15-26)17-8-4-3-5-9-17;/h3-10,13,19,26H,11-12,14-15H2,1-2H3,(H,22,27)(H2,23,24,25);1H. The van der Waals surface area contributed by atoms with Gasteiger partial charge in [0.15, 0.2) is 5.96 Å². The van der Waals surface area contributed by atoms with E-state index in [1.807, 2.05) is 48.5 Å². The van der Waals surface area contributed by atoms with Crippen molar-refractivity contribution in [2.24, 2.45) is 4.99 Å². The molecule has 1 unspecified atom stereocenters. The van der Waals surface area contributed by atoms with E-state index in [4.69, 9.17) is 0 Å². The summed E-state index contributed by atoms with van der Waals surface area (Å²) in [7, 11) is 3.35. The van der Waals surface area contributed by atoms with Crippen LogP contribution in [-0.2, 0) is 6.42 Å². The molecule has 0 radical (unpaired) electrons. The molecule has 1 atom stereocenters. The molecule has 152 valence electrons. The van der Waals surface area contributed by atoms with Crippen LogP contribution in [0, 0.1) is 0 Å². The molecule has 0 spiro atoms. The van der Waals surface area contributed by atoms with Crippen LogP contribution in [0.2, 0.25) is 0 Å². The predicted molar refractivity (Wildman–Crippen MR) is 125 cm³/mol. The molecule has 0 aliphatic rings. The number of carbonyl (C=O) groups is 1. The summed E-state index contributed by atoms with van der Waals surface area (Å²) in [6.07, 6.45) is 0.771. The summed E-state index contributed by atoms with van der Waals surface area (Å²) in [5.41, 5.74) is 2.83. The van der Waals surface area contributed by atoms with E-state index in [1.54, 1.807) is 20.2 Å². The first-order chi connectivity index (χ1) is 13.2. The van der Waals surface area contributed by atoms with Crippen LogP contribution in [0.1, 0.15) is 27.4 Å². The van der Waals surface area contributed by atoms with Crippen LogP contribution < -0.4 is 16.0 Å². The SMILES string of the molecule is CN=C(NCCc1cccc(C(=O)NC)c1)NCC(CO)c1ccccc1.I. The van der Waals surface area contributed by atoms with E-state index in [2.05, 4.69) is 20.9 Å². The molecule has 0 aromatic heterocycles. The Morgan fingerprint density at radius 1 is 1.11 bits per heavy atom. The highest BCUT2D eigenvalue weighted by Gasteiger charge is 2.11. The molecule has 2 aromatic rings. The number of carbonyl (C=O) groups excluding carboxylic acids is 1. The number of aliphatic hydroxyl groups is 1. The Hall–Kier alpha value is -2.13. The highest BCUT2D eigenvalue weighted by Crippen LogP contribution is 2.13. The van der Waals surface area contributed by atoms with Gasteiger partial charge in [0.25, 0.3) is 5.91 Å². The van der Waals surface area contributed by atoms with Crippen LogP contribution in [0.25, 0.3) is 0 Å². The quantitative estimate of drug-likeness (QED) is 0.257. The minimum Gasteiger partial charge on any atom is -0.396 e. The molecule has 0 aliphatic heterocycles. The lowest BCUT2D eigenvalue weighted by Crippen LogP contribution is -2.40.